The van der Waals surface area contributed by atoms with Gasteiger partial charge in [-0.15, -0.1) is 0 Å². The number of ether oxygens (including phenoxy) is 3. The van der Waals surface area contributed by atoms with E-state index in [0.717, 1.165) is 6.42 Å². The molecule has 1 aliphatic heterocycles. The van der Waals surface area contributed by atoms with Crippen LogP contribution < -0.4 is 14.8 Å². The molecule has 0 fully saturated rings. The summed E-state index contributed by atoms with van der Waals surface area (Å²) in [5.74, 6) is 0.110. The number of carbonyl (C=O) groups excluding carboxylic acids is 2. The molecule has 1 aliphatic rings. The highest BCUT2D eigenvalue weighted by molar-refractivity contribution is 5.97. The number of hydrogen-bond donors (Lipinski definition) is 1. The van der Waals surface area contributed by atoms with Crippen LogP contribution in [-0.4, -0.2) is 31.2 Å². The number of anilines is 1. The highest BCUT2D eigenvalue weighted by atomic mass is 16.6. The van der Waals surface area contributed by atoms with Crippen LogP contribution in [0.1, 0.15) is 29.8 Å². The van der Waals surface area contributed by atoms with Crippen molar-refractivity contribution in [2.45, 2.75) is 26.4 Å². The number of aryl methyl sites for hydroxylation is 1. The Morgan fingerprint density at radius 2 is 1.77 bits per heavy atom. The van der Waals surface area contributed by atoms with Crippen molar-refractivity contribution in [3.05, 3.63) is 53.6 Å². The van der Waals surface area contributed by atoms with Gasteiger partial charge in [0.2, 0.25) is 0 Å². The average molecular weight is 355 g/mol. The summed E-state index contributed by atoms with van der Waals surface area (Å²) in [5.41, 5.74) is 2.15. The first-order chi connectivity index (χ1) is 12.6. The number of rotatable bonds is 5. The van der Waals surface area contributed by atoms with Crippen LogP contribution in [0.4, 0.5) is 5.69 Å². The van der Waals surface area contributed by atoms with E-state index >= 15 is 0 Å². The summed E-state index contributed by atoms with van der Waals surface area (Å²) in [5, 5.41) is 2.74. The topological polar surface area (TPSA) is 73.9 Å². The van der Waals surface area contributed by atoms with Crippen molar-refractivity contribution in [1.82, 2.24) is 0 Å². The molecule has 0 saturated carbocycles. The zero-order chi connectivity index (χ0) is 18.5. The van der Waals surface area contributed by atoms with Gasteiger partial charge in [-0.3, -0.25) is 4.79 Å². The fourth-order valence-electron chi connectivity index (χ4n) is 2.52. The van der Waals surface area contributed by atoms with E-state index in [1.54, 1.807) is 18.2 Å². The molecule has 0 radical (unpaired) electrons. The second-order valence-electron chi connectivity index (χ2n) is 5.95. The minimum Gasteiger partial charge on any atom is -0.486 e. The van der Waals surface area contributed by atoms with E-state index in [1.807, 2.05) is 24.3 Å². The Morgan fingerprint density at radius 3 is 2.46 bits per heavy atom. The van der Waals surface area contributed by atoms with Crippen LogP contribution in [0.15, 0.2) is 42.5 Å². The first-order valence-electron chi connectivity index (χ1n) is 8.57. The van der Waals surface area contributed by atoms with Crippen molar-refractivity contribution in [2.75, 3.05) is 18.5 Å². The third kappa shape index (κ3) is 4.14. The third-order valence-electron chi connectivity index (χ3n) is 4.06. The lowest BCUT2D eigenvalue weighted by Crippen LogP contribution is -2.30. The van der Waals surface area contributed by atoms with E-state index in [0.29, 0.717) is 36.0 Å². The molecule has 0 aliphatic carbocycles. The van der Waals surface area contributed by atoms with E-state index in [2.05, 4.69) is 12.2 Å². The predicted octanol–water partition coefficient (Wildman–Crippen LogP) is 3.20. The van der Waals surface area contributed by atoms with Crippen molar-refractivity contribution < 1.29 is 23.8 Å². The van der Waals surface area contributed by atoms with Crippen molar-refractivity contribution in [2.24, 2.45) is 0 Å². The molecule has 1 amide bonds. The van der Waals surface area contributed by atoms with E-state index in [9.17, 15) is 9.59 Å². The second-order valence-corrected chi connectivity index (χ2v) is 5.95. The number of benzene rings is 2. The van der Waals surface area contributed by atoms with Crippen LogP contribution in [-0.2, 0) is 16.0 Å². The number of amides is 1. The molecule has 136 valence electrons. The van der Waals surface area contributed by atoms with Gasteiger partial charge in [-0.05, 0) is 49.2 Å². The van der Waals surface area contributed by atoms with Gasteiger partial charge in [0.1, 0.15) is 13.2 Å². The fraction of sp³-hybridized carbons (Fsp3) is 0.300. The summed E-state index contributed by atoms with van der Waals surface area (Å²) in [6.45, 7) is 4.51. The lowest BCUT2D eigenvalue weighted by Gasteiger charge is -2.19. The van der Waals surface area contributed by atoms with Crippen molar-refractivity contribution >= 4 is 17.6 Å². The molecule has 2 aromatic carbocycles. The van der Waals surface area contributed by atoms with Crippen LogP contribution in [0.25, 0.3) is 0 Å². The smallest absolute Gasteiger partial charge is 0.339 e. The fourth-order valence-corrected chi connectivity index (χ4v) is 2.52. The number of nitrogens with one attached hydrogen (secondary N) is 1. The van der Waals surface area contributed by atoms with Crippen LogP contribution in [0.3, 0.4) is 0 Å². The molecular weight excluding hydrogens is 334 g/mol. The number of esters is 1. The molecule has 1 N–H and O–H groups in total. The molecule has 6 heteroatoms. The lowest BCUT2D eigenvalue weighted by atomic mass is 10.1. The second kappa shape index (κ2) is 7.91. The van der Waals surface area contributed by atoms with Gasteiger partial charge in [0.25, 0.3) is 5.91 Å². The molecule has 0 saturated heterocycles. The molecule has 0 aromatic heterocycles. The number of carbonyl (C=O) groups is 2. The van der Waals surface area contributed by atoms with Gasteiger partial charge in [-0.25, -0.2) is 4.79 Å². The Hall–Kier alpha value is -3.02. The minimum absolute atomic E-state index is 0.307. The summed E-state index contributed by atoms with van der Waals surface area (Å²) < 4.78 is 16.1. The summed E-state index contributed by atoms with van der Waals surface area (Å²) >= 11 is 0. The van der Waals surface area contributed by atoms with E-state index < -0.39 is 12.1 Å². The van der Waals surface area contributed by atoms with Gasteiger partial charge < -0.3 is 19.5 Å². The molecule has 0 spiro atoms. The Balaban J connectivity index is 1.60. The molecule has 1 unspecified atom stereocenters. The molecule has 2 aromatic rings. The summed E-state index contributed by atoms with van der Waals surface area (Å²) in [6.07, 6.45) is -0.000770. The van der Waals surface area contributed by atoms with Crippen molar-refractivity contribution in [3.63, 3.8) is 0 Å². The quantitative estimate of drug-likeness (QED) is 0.834. The van der Waals surface area contributed by atoms with Gasteiger partial charge in [0, 0.05) is 5.69 Å². The molecular formula is C20H21NO5. The maximum atomic E-state index is 12.3. The van der Waals surface area contributed by atoms with Crippen molar-refractivity contribution in [3.8, 4) is 11.5 Å². The highest BCUT2D eigenvalue weighted by Gasteiger charge is 2.21. The van der Waals surface area contributed by atoms with E-state index in [-0.39, 0.29) is 5.91 Å². The Kier molecular flexibility index (Phi) is 5.41. The van der Waals surface area contributed by atoms with Crippen LogP contribution in [0.5, 0.6) is 11.5 Å². The molecule has 26 heavy (non-hydrogen) atoms. The maximum Gasteiger partial charge on any atom is 0.339 e. The average Bonchev–Trinajstić information content (AvgIpc) is 2.68. The normalized spacial score (nSPS) is 13.6. The largest absolute Gasteiger partial charge is 0.486 e. The Labute approximate surface area is 152 Å². The van der Waals surface area contributed by atoms with Gasteiger partial charge in [0.15, 0.2) is 17.6 Å². The van der Waals surface area contributed by atoms with Gasteiger partial charge in [-0.1, -0.05) is 19.1 Å². The van der Waals surface area contributed by atoms with Crippen LogP contribution in [0, 0.1) is 0 Å². The predicted molar refractivity (Wildman–Crippen MR) is 96.8 cm³/mol. The summed E-state index contributed by atoms with van der Waals surface area (Å²) in [6, 6.07) is 12.3. The monoisotopic (exact) mass is 355 g/mol. The molecule has 6 nitrogen and oxygen atoms in total. The highest BCUT2D eigenvalue weighted by Crippen LogP contribution is 2.31. The van der Waals surface area contributed by atoms with Crippen molar-refractivity contribution in [1.29, 1.82) is 0 Å². The molecule has 1 heterocycles. The Morgan fingerprint density at radius 1 is 1.08 bits per heavy atom. The maximum absolute atomic E-state index is 12.3. The summed E-state index contributed by atoms with van der Waals surface area (Å²) in [4.78, 5) is 24.5. The summed E-state index contributed by atoms with van der Waals surface area (Å²) in [7, 11) is 0. The SMILES string of the molecule is CCc1ccc(NC(=O)C(C)OC(=O)c2ccc3c(c2)OCCO3)cc1. The first-order valence-corrected chi connectivity index (χ1v) is 8.57. The van der Waals surface area contributed by atoms with Crippen LogP contribution >= 0.6 is 0 Å². The van der Waals surface area contributed by atoms with Gasteiger partial charge in [0.05, 0.1) is 5.56 Å². The molecule has 1 atom stereocenters. The number of hydrogen-bond acceptors (Lipinski definition) is 5. The van der Waals surface area contributed by atoms with E-state index in [1.165, 1.54) is 12.5 Å². The van der Waals surface area contributed by atoms with Gasteiger partial charge in [-0.2, -0.15) is 0 Å². The lowest BCUT2D eigenvalue weighted by molar-refractivity contribution is -0.123. The zero-order valence-corrected chi connectivity index (χ0v) is 14.8. The van der Waals surface area contributed by atoms with E-state index in [4.69, 9.17) is 14.2 Å². The first kappa shape index (κ1) is 17.8. The standard InChI is InChI=1S/C20H21NO5/c1-3-14-4-7-16(8-5-14)21-19(22)13(2)26-20(23)15-6-9-17-18(12-15)25-11-10-24-17/h4-9,12-13H,3,10-11H2,1-2H3,(H,21,22). The third-order valence-corrected chi connectivity index (χ3v) is 4.06. The minimum atomic E-state index is -0.929. The van der Waals surface area contributed by atoms with Gasteiger partial charge >= 0.3 is 5.97 Å². The molecule has 3 rings (SSSR count). The van der Waals surface area contributed by atoms with Crippen LogP contribution in [0.2, 0.25) is 0 Å². The Bertz CT molecular complexity index is 800. The molecule has 0 bridgehead atoms. The zero-order valence-electron chi connectivity index (χ0n) is 14.8. The number of fused-ring (bicyclic) bond motifs is 1.